The zero-order valence-electron chi connectivity index (χ0n) is 18.3. The predicted molar refractivity (Wildman–Crippen MR) is 119 cm³/mol. The first-order valence-corrected chi connectivity index (χ1v) is 10.3. The molecule has 4 rings (SSSR count). The standard InChI is InChI=1S/C24H24N4O4/c1-16-5-4-6-17(13-16)22-26-19(15-25)24(32-22)28-11-9-27(10-12-28)23(29)18-7-8-20(30-2)21(14-18)31-3/h4-8,13-14H,9-12H2,1-3H3. The van der Waals surface area contributed by atoms with E-state index in [4.69, 9.17) is 13.9 Å². The second-order valence-electron chi connectivity index (χ2n) is 7.50. The smallest absolute Gasteiger partial charge is 0.254 e. The quantitative estimate of drug-likeness (QED) is 0.609. The molecule has 1 aliphatic heterocycles. The van der Waals surface area contributed by atoms with Gasteiger partial charge in [0, 0.05) is 37.3 Å². The van der Waals surface area contributed by atoms with Crippen molar-refractivity contribution in [2.75, 3.05) is 45.3 Å². The molecule has 0 N–H and O–H groups in total. The second kappa shape index (κ2) is 9.02. The second-order valence-corrected chi connectivity index (χ2v) is 7.50. The largest absolute Gasteiger partial charge is 0.493 e. The maximum absolute atomic E-state index is 13.0. The highest BCUT2D eigenvalue weighted by Gasteiger charge is 2.27. The van der Waals surface area contributed by atoms with Crippen LogP contribution in [0.15, 0.2) is 46.9 Å². The van der Waals surface area contributed by atoms with Gasteiger partial charge in [0.1, 0.15) is 6.07 Å². The lowest BCUT2D eigenvalue weighted by molar-refractivity contribution is 0.0745. The number of anilines is 1. The summed E-state index contributed by atoms with van der Waals surface area (Å²) in [6, 6.07) is 15.1. The number of carbonyl (C=O) groups excluding carboxylic acids is 1. The molecule has 8 nitrogen and oxygen atoms in total. The highest BCUT2D eigenvalue weighted by atomic mass is 16.5. The van der Waals surface area contributed by atoms with Gasteiger partial charge in [-0.3, -0.25) is 4.79 Å². The summed E-state index contributed by atoms with van der Waals surface area (Å²) in [7, 11) is 3.10. The lowest BCUT2D eigenvalue weighted by Crippen LogP contribution is -2.48. The van der Waals surface area contributed by atoms with Crippen LogP contribution >= 0.6 is 0 Å². The fourth-order valence-electron chi connectivity index (χ4n) is 3.77. The Bertz CT molecular complexity index is 1170. The number of benzene rings is 2. The SMILES string of the molecule is COc1ccc(C(=O)N2CCN(c3oc(-c4cccc(C)c4)nc3C#N)CC2)cc1OC. The number of piperazine rings is 1. The van der Waals surface area contributed by atoms with Gasteiger partial charge in [-0.2, -0.15) is 10.2 Å². The lowest BCUT2D eigenvalue weighted by atomic mass is 10.1. The summed E-state index contributed by atoms with van der Waals surface area (Å²) in [5.41, 5.74) is 2.70. The third-order valence-electron chi connectivity index (χ3n) is 5.46. The van der Waals surface area contributed by atoms with Gasteiger partial charge in [-0.15, -0.1) is 0 Å². The van der Waals surface area contributed by atoms with Crippen LogP contribution in [-0.2, 0) is 0 Å². The molecule has 3 aromatic rings. The number of carbonyl (C=O) groups is 1. The van der Waals surface area contributed by atoms with Crippen molar-refractivity contribution in [1.82, 2.24) is 9.88 Å². The van der Waals surface area contributed by atoms with E-state index in [0.29, 0.717) is 55.0 Å². The van der Waals surface area contributed by atoms with Crippen LogP contribution in [0.5, 0.6) is 11.5 Å². The maximum Gasteiger partial charge on any atom is 0.254 e. The molecular weight excluding hydrogens is 408 g/mol. The minimum atomic E-state index is -0.0795. The highest BCUT2D eigenvalue weighted by molar-refractivity contribution is 5.95. The third-order valence-corrected chi connectivity index (χ3v) is 5.46. The van der Waals surface area contributed by atoms with Crippen molar-refractivity contribution in [2.24, 2.45) is 0 Å². The van der Waals surface area contributed by atoms with Crippen molar-refractivity contribution in [3.8, 4) is 29.0 Å². The van der Waals surface area contributed by atoms with E-state index >= 15 is 0 Å². The molecule has 1 aromatic heterocycles. The molecule has 0 saturated carbocycles. The van der Waals surface area contributed by atoms with Crippen molar-refractivity contribution in [2.45, 2.75) is 6.92 Å². The van der Waals surface area contributed by atoms with Crippen LogP contribution < -0.4 is 14.4 Å². The van der Waals surface area contributed by atoms with Gasteiger partial charge in [-0.1, -0.05) is 17.7 Å². The predicted octanol–water partition coefficient (Wildman–Crippen LogP) is 3.50. The van der Waals surface area contributed by atoms with Crippen molar-refractivity contribution in [3.05, 3.63) is 59.3 Å². The number of aryl methyl sites for hydroxylation is 1. The first-order chi connectivity index (χ1) is 15.5. The van der Waals surface area contributed by atoms with Crippen molar-refractivity contribution >= 4 is 11.8 Å². The number of ether oxygens (including phenoxy) is 2. The summed E-state index contributed by atoms with van der Waals surface area (Å²) in [6.07, 6.45) is 0. The van der Waals surface area contributed by atoms with Gasteiger partial charge >= 0.3 is 0 Å². The topological polar surface area (TPSA) is 91.8 Å². The zero-order chi connectivity index (χ0) is 22.7. The van der Waals surface area contributed by atoms with E-state index in [2.05, 4.69) is 11.1 Å². The third kappa shape index (κ3) is 4.10. The minimum absolute atomic E-state index is 0.0795. The van der Waals surface area contributed by atoms with E-state index in [1.165, 1.54) is 0 Å². The Kier molecular flexibility index (Phi) is 5.99. The molecule has 2 aromatic carbocycles. The first kappa shape index (κ1) is 21.2. The van der Waals surface area contributed by atoms with Crippen molar-refractivity contribution in [1.29, 1.82) is 5.26 Å². The summed E-state index contributed by atoms with van der Waals surface area (Å²) >= 11 is 0. The molecule has 1 aliphatic rings. The molecular formula is C24H24N4O4. The molecule has 0 aliphatic carbocycles. The molecule has 32 heavy (non-hydrogen) atoms. The summed E-state index contributed by atoms with van der Waals surface area (Å²) in [5, 5.41) is 9.56. The number of hydrogen-bond acceptors (Lipinski definition) is 7. The van der Waals surface area contributed by atoms with E-state index in [1.807, 2.05) is 36.1 Å². The number of hydrogen-bond donors (Lipinski definition) is 0. The normalized spacial score (nSPS) is 13.6. The number of rotatable bonds is 5. The lowest BCUT2D eigenvalue weighted by Gasteiger charge is -2.34. The molecule has 1 saturated heterocycles. The molecule has 164 valence electrons. The summed E-state index contributed by atoms with van der Waals surface area (Å²) < 4.78 is 16.5. The number of oxazole rings is 1. The molecule has 0 atom stereocenters. The number of nitriles is 1. The fourth-order valence-corrected chi connectivity index (χ4v) is 3.77. The van der Waals surface area contributed by atoms with Crippen LogP contribution in [0.3, 0.4) is 0 Å². The minimum Gasteiger partial charge on any atom is -0.493 e. The van der Waals surface area contributed by atoms with Crippen LogP contribution in [0.4, 0.5) is 5.88 Å². The van der Waals surface area contributed by atoms with E-state index < -0.39 is 0 Å². The van der Waals surface area contributed by atoms with Crippen LogP contribution in [0.1, 0.15) is 21.6 Å². The van der Waals surface area contributed by atoms with Crippen LogP contribution in [-0.4, -0.2) is 56.2 Å². The Hall–Kier alpha value is -3.99. The highest BCUT2D eigenvalue weighted by Crippen LogP contribution is 2.30. The molecule has 1 amide bonds. The summed E-state index contributed by atoms with van der Waals surface area (Å²) in [6.45, 7) is 4.07. The van der Waals surface area contributed by atoms with Crippen molar-refractivity contribution < 1.29 is 18.7 Å². The van der Waals surface area contributed by atoms with E-state index in [-0.39, 0.29) is 11.6 Å². The van der Waals surface area contributed by atoms with Gasteiger partial charge in [0.2, 0.25) is 17.5 Å². The first-order valence-electron chi connectivity index (χ1n) is 10.3. The molecule has 0 bridgehead atoms. The van der Waals surface area contributed by atoms with E-state index in [0.717, 1.165) is 11.1 Å². The van der Waals surface area contributed by atoms with Gasteiger partial charge in [0.25, 0.3) is 5.91 Å². The van der Waals surface area contributed by atoms with Crippen LogP contribution in [0.2, 0.25) is 0 Å². The maximum atomic E-state index is 13.0. The van der Waals surface area contributed by atoms with Gasteiger partial charge in [-0.25, -0.2) is 0 Å². The average molecular weight is 432 g/mol. The monoisotopic (exact) mass is 432 g/mol. The number of aromatic nitrogens is 1. The number of amides is 1. The van der Waals surface area contributed by atoms with Crippen LogP contribution in [0, 0.1) is 18.3 Å². The Labute approximate surface area is 186 Å². The van der Waals surface area contributed by atoms with Crippen LogP contribution in [0.25, 0.3) is 11.5 Å². The van der Waals surface area contributed by atoms with Gasteiger partial charge < -0.3 is 23.7 Å². The fraction of sp³-hybridized carbons (Fsp3) is 0.292. The number of methoxy groups -OCH3 is 2. The molecule has 0 unspecified atom stereocenters. The molecule has 1 fully saturated rings. The van der Waals surface area contributed by atoms with Gasteiger partial charge in [0.15, 0.2) is 11.5 Å². The summed E-state index contributed by atoms with van der Waals surface area (Å²) in [4.78, 5) is 21.1. The van der Waals surface area contributed by atoms with Gasteiger partial charge in [0.05, 0.1) is 14.2 Å². The Morgan fingerprint density at radius 1 is 1.06 bits per heavy atom. The van der Waals surface area contributed by atoms with E-state index in [9.17, 15) is 10.1 Å². The molecule has 0 spiro atoms. The molecule has 0 radical (unpaired) electrons. The molecule has 8 heteroatoms. The Morgan fingerprint density at radius 3 is 2.47 bits per heavy atom. The van der Waals surface area contributed by atoms with E-state index in [1.54, 1.807) is 37.3 Å². The average Bonchev–Trinajstić information content (AvgIpc) is 3.28. The Morgan fingerprint density at radius 2 is 1.81 bits per heavy atom. The number of nitrogens with zero attached hydrogens (tertiary/aromatic N) is 4. The summed E-state index contributed by atoms with van der Waals surface area (Å²) in [5.74, 6) is 1.88. The van der Waals surface area contributed by atoms with Gasteiger partial charge in [-0.05, 0) is 37.3 Å². The Balaban J connectivity index is 1.48. The molecule has 2 heterocycles. The van der Waals surface area contributed by atoms with Crippen molar-refractivity contribution in [3.63, 3.8) is 0 Å². The zero-order valence-corrected chi connectivity index (χ0v) is 18.3.